The van der Waals surface area contributed by atoms with Crippen molar-refractivity contribution in [3.8, 4) is 0 Å². The lowest BCUT2D eigenvalue weighted by Gasteiger charge is -2.31. The summed E-state index contributed by atoms with van der Waals surface area (Å²) in [7, 11) is 0. The van der Waals surface area contributed by atoms with E-state index in [0.717, 1.165) is 30.2 Å². The predicted octanol–water partition coefficient (Wildman–Crippen LogP) is 4.02. The lowest BCUT2D eigenvalue weighted by atomic mass is 9.95. The van der Waals surface area contributed by atoms with Crippen molar-refractivity contribution in [3.05, 3.63) is 23.8 Å². The van der Waals surface area contributed by atoms with E-state index >= 15 is 0 Å². The maximum Gasteiger partial charge on any atom is 0.416 e. The van der Waals surface area contributed by atoms with E-state index in [2.05, 4.69) is 10.6 Å². The minimum absolute atomic E-state index is 0.335. The van der Waals surface area contributed by atoms with Gasteiger partial charge in [-0.2, -0.15) is 13.2 Å². The number of rotatable bonds is 3. The SMILES string of the molecule is FC(F)(F)c1ccc(N2CCOCC2)c(NC(=S)NC2CC3CCC2C3)c1. The molecule has 1 aliphatic heterocycles. The second-order valence-electron chi connectivity index (χ2n) is 7.71. The first-order chi connectivity index (χ1) is 12.9. The molecule has 2 aliphatic carbocycles. The van der Waals surface area contributed by atoms with Crippen LogP contribution >= 0.6 is 12.2 Å². The number of nitrogens with one attached hydrogen (secondary N) is 2. The van der Waals surface area contributed by atoms with E-state index in [1.54, 1.807) is 0 Å². The van der Waals surface area contributed by atoms with Crippen molar-refractivity contribution in [1.29, 1.82) is 0 Å². The number of halogens is 3. The molecule has 1 heterocycles. The van der Waals surface area contributed by atoms with E-state index in [1.807, 2.05) is 4.90 Å². The number of thiocarbonyl (C=S) groups is 1. The highest BCUT2D eigenvalue weighted by molar-refractivity contribution is 7.80. The molecule has 148 valence electrons. The molecule has 0 radical (unpaired) electrons. The zero-order chi connectivity index (χ0) is 19.0. The van der Waals surface area contributed by atoms with Gasteiger partial charge in [0.1, 0.15) is 0 Å². The number of fused-ring (bicyclic) bond motifs is 2. The zero-order valence-electron chi connectivity index (χ0n) is 15.0. The topological polar surface area (TPSA) is 36.5 Å². The fourth-order valence-electron chi connectivity index (χ4n) is 4.64. The smallest absolute Gasteiger partial charge is 0.378 e. The van der Waals surface area contributed by atoms with Crippen LogP contribution in [0.3, 0.4) is 0 Å². The number of nitrogens with zero attached hydrogens (tertiary/aromatic N) is 1. The van der Waals surface area contributed by atoms with Crippen LogP contribution in [-0.4, -0.2) is 37.5 Å². The van der Waals surface area contributed by atoms with Crippen molar-refractivity contribution < 1.29 is 17.9 Å². The standard InChI is InChI=1S/C19H24F3N3OS/c20-19(21,22)14-3-4-17(25-5-7-26-8-6-25)16(11-14)24-18(27)23-15-10-12-1-2-13(15)9-12/h3-4,11-13,15H,1-2,5-10H2,(H2,23,24,27). The van der Waals surface area contributed by atoms with Crippen LogP contribution in [-0.2, 0) is 10.9 Å². The van der Waals surface area contributed by atoms with Crippen molar-refractivity contribution >= 4 is 28.7 Å². The van der Waals surface area contributed by atoms with Crippen LogP contribution in [0.1, 0.15) is 31.2 Å². The average molecular weight is 399 g/mol. The van der Waals surface area contributed by atoms with E-state index < -0.39 is 11.7 Å². The van der Waals surface area contributed by atoms with Gasteiger partial charge in [0.05, 0.1) is 30.2 Å². The summed E-state index contributed by atoms with van der Waals surface area (Å²) in [5.41, 5.74) is 0.445. The summed E-state index contributed by atoms with van der Waals surface area (Å²) in [5, 5.41) is 6.79. The molecule has 3 fully saturated rings. The van der Waals surface area contributed by atoms with E-state index in [0.29, 0.717) is 49.1 Å². The summed E-state index contributed by atoms with van der Waals surface area (Å²) in [4.78, 5) is 2.03. The van der Waals surface area contributed by atoms with E-state index in [9.17, 15) is 13.2 Å². The summed E-state index contributed by atoms with van der Waals surface area (Å²) < 4.78 is 45.0. The van der Waals surface area contributed by atoms with Crippen LogP contribution in [0.15, 0.2) is 18.2 Å². The van der Waals surface area contributed by atoms with E-state index in [1.165, 1.54) is 25.3 Å². The minimum Gasteiger partial charge on any atom is -0.378 e. The molecule has 2 saturated carbocycles. The fourth-order valence-corrected chi connectivity index (χ4v) is 4.90. The minimum atomic E-state index is -4.39. The highest BCUT2D eigenvalue weighted by atomic mass is 32.1. The molecular formula is C19H24F3N3OS. The molecule has 4 nitrogen and oxygen atoms in total. The third-order valence-electron chi connectivity index (χ3n) is 5.98. The van der Waals surface area contributed by atoms with Crippen molar-refractivity contribution in [1.82, 2.24) is 5.32 Å². The van der Waals surface area contributed by atoms with Crippen LogP contribution in [0.25, 0.3) is 0 Å². The molecule has 4 rings (SSSR count). The Hall–Kier alpha value is -1.54. The Morgan fingerprint density at radius 3 is 2.56 bits per heavy atom. The average Bonchev–Trinajstić information content (AvgIpc) is 3.24. The molecule has 1 aromatic rings. The molecule has 8 heteroatoms. The van der Waals surface area contributed by atoms with Crippen molar-refractivity contribution in [2.45, 2.75) is 37.9 Å². The Kier molecular flexibility index (Phi) is 5.20. The third-order valence-corrected chi connectivity index (χ3v) is 6.20. The van der Waals surface area contributed by atoms with Gasteiger partial charge in [0.25, 0.3) is 0 Å². The van der Waals surface area contributed by atoms with Crippen molar-refractivity contribution in [3.63, 3.8) is 0 Å². The number of hydrogen-bond donors (Lipinski definition) is 2. The van der Waals surface area contributed by atoms with Crippen LogP contribution in [0.4, 0.5) is 24.5 Å². The molecule has 3 atom stereocenters. The molecule has 27 heavy (non-hydrogen) atoms. The highest BCUT2D eigenvalue weighted by Crippen LogP contribution is 2.44. The Labute approximate surface area is 162 Å². The van der Waals surface area contributed by atoms with Gasteiger partial charge in [0.15, 0.2) is 5.11 Å². The van der Waals surface area contributed by atoms with Gasteiger partial charge in [0, 0.05) is 19.1 Å². The maximum absolute atomic E-state index is 13.2. The normalized spacial score (nSPS) is 27.7. The fraction of sp³-hybridized carbons (Fsp3) is 0.632. The first kappa shape index (κ1) is 18.8. The molecule has 3 unspecified atom stereocenters. The van der Waals surface area contributed by atoms with Gasteiger partial charge < -0.3 is 20.3 Å². The van der Waals surface area contributed by atoms with Gasteiger partial charge in [-0.25, -0.2) is 0 Å². The van der Waals surface area contributed by atoms with E-state index in [4.69, 9.17) is 17.0 Å². The third kappa shape index (κ3) is 4.16. The molecule has 1 aromatic carbocycles. The van der Waals surface area contributed by atoms with Crippen LogP contribution < -0.4 is 15.5 Å². The quantitative estimate of drug-likeness (QED) is 0.751. The summed E-state index contributed by atoms with van der Waals surface area (Å²) in [6.07, 6.45) is 0.458. The molecule has 1 saturated heterocycles. The van der Waals surface area contributed by atoms with Gasteiger partial charge in [-0.15, -0.1) is 0 Å². The second kappa shape index (κ2) is 7.47. The molecule has 2 N–H and O–H groups in total. The molecule has 0 spiro atoms. The van der Waals surface area contributed by atoms with Crippen molar-refractivity contribution in [2.75, 3.05) is 36.5 Å². The van der Waals surface area contributed by atoms with Gasteiger partial charge in [-0.1, -0.05) is 6.42 Å². The molecule has 3 aliphatic rings. The summed E-state index contributed by atoms with van der Waals surface area (Å²) >= 11 is 5.44. The predicted molar refractivity (Wildman–Crippen MR) is 103 cm³/mol. The van der Waals surface area contributed by atoms with Crippen LogP contribution in [0, 0.1) is 11.8 Å². The Bertz CT molecular complexity index is 706. The zero-order valence-corrected chi connectivity index (χ0v) is 15.8. The first-order valence-electron chi connectivity index (χ1n) is 9.51. The van der Waals surface area contributed by atoms with Crippen molar-refractivity contribution in [2.24, 2.45) is 11.8 Å². The monoisotopic (exact) mass is 399 g/mol. The first-order valence-corrected chi connectivity index (χ1v) is 9.92. The number of morpholine rings is 1. The number of ether oxygens (including phenoxy) is 1. The van der Waals surface area contributed by atoms with Gasteiger partial charge in [-0.3, -0.25) is 0 Å². The lowest BCUT2D eigenvalue weighted by Crippen LogP contribution is -2.41. The molecular weight excluding hydrogens is 375 g/mol. The van der Waals surface area contributed by atoms with Crippen LogP contribution in [0.2, 0.25) is 0 Å². The Morgan fingerprint density at radius 2 is 1.93 bits per heavy atom. The highest BCUT2D eigenvalue weighted by Gasteiger charge is 2.39. The number of hydrogen-bond acceptors (Lipinski definition) is 3. The van der Waals surface area contributed by atoms with Crippen LogP contribution in [0.5, 0.6) is 0 Å². The van der Waals surface area contributed by atoms with Gasteiger partial charge in [-0.05, 0) is 61.5 Å². The summed E-state index contributed by atoms with van der Waals surface area (Å²) in [5.74, 6) is 1.41. The second-order valence-corrected chi connectivity index (χ2v) is 8.12. The number of benzene rings is 1. The number of alkyl halides is 3. The van der Waals surface area contributed by atoms with Gasteiger partial charge in [0.2, 0.25) is 0 Å². The summed E-state index contributed by atoms with van der Waals surface area (Å²) in [6, 6.07) is 4.14. The Balaban J connectivity index is 1.52. The Morgan fingerprint density at radius 1 is 1.15 bits per heavy atom. The molecule has 0 amide bonds. The number of anilines is 2. The molecule has 2 bridgehead atoms. The van der Waals surface area contributed by atoms with Gasteiger partial charge >= 0.3 is 6.18 Å². The summed E-state index contributed by atoms with van der Waals surface area (Å²) in [6.45, 7) is 2.42. The van der Waals surface area contributed by atoms with E-state index in [-0.39, 0.29) is 0 Å². The largest absolute Gasteiger partial charge is 0.416 e. The molecule has 0 aromatic heterocycles. The maximum atomic E-state index is 13.2. The lowest BCUT2D eigenvalue weighted by molar-refractivity contribution is -0.137.